The van der Waals surface area contributed by atoms with E-state index >= 15 is 0 Å². The number of nitrogens with two attached hydrogens (primary N) is 1. The maximum atomic E-state index is 5.76. The number of methoxy groups -OCH3 is 1. The van der Waals surface area contributed by atoms with Crippen molar-refractivity contribution in [2.75, 3.05) is 39.1 Å². The molecule has 1 unspecified atom stereocenters. The molecule has 0 aromatic heterocycles. The molecule has 1 aromatic carbocycles. The zero-order valence-electron chi connectivity index (χ0n) is 13.3. The molecule has 1 aromatic rings. The van der Waals surface area contributed by atoms with Crippen molar-refractivity contribution in [2.45, 2.75) is 32.2 Å². The Balaban J connectivity index is 1.70. The van der Waals surface area contributed by atoms with Gasteiger partial charge in [0.2, 0.25) is 0 Å². The average Bonchev–Trinajstić information content (AvgIpc) is 3.30. The van der Waals surface area contributed by atoms with Crippen LogP contribution < -0.4 is 10.5 Å². The minimum atomic E-state index is 0.660. The molecule has 2 N–H and O–H groups in total. The Morgan fingerprint density at radius 3 is 2.76 bits per heavy atom. The highest BCUT2D eigenvalue weighted by molar-refractivity contribution is 5.43. The molecule has 1 aliphatic carbocycles. The summed E-state index contributed by atoms with van der Waals surface area (Å²) in [5.41, 5.74) is 6.49. The summed E-state index contributed by atoms with van der Waals surface area (Å²) in [5.74, 6) is 1.74. The van der Waals surface area contributed by atoms with E-state index in [0.29, 0.717) is 6.04 Å². The van der Waals surface area contributed by atoms with E-state index in [1.54, 1.807) is 7.11 Å². The van der Waals surface area contributed by atoms with Crippen LogP contribution in [0.15, 0.2) is 24.3 Å². The number of benzene rings is 1. The SMILES string of the molecule is COCCN(CCCOc1cccc(N)c1)C(C)C1CC1. The molecule has 0 heterocycles. The molecular formula is C17H28N2O2. The highest BCUT2D eigenvalue weighted by atomic mass is 16.5. The lowest BCUT2D eigenvalue weighted by Gasteiger charge is -2.29. The lowest BCUT2D eigenvalue weighted by Crippen LogP contribution is -2.38. The third-order valence-corrected chi connectivity index (χ3v) is 4.18. The van der Waals surface area contributed by atoms with E-state index in [0.717, 1.165) is 50.1 Å². The van der Waals surface area contributed by atoms with Crippen LogP contribution in [-0.2, 0) is 4.74 Å². The van der Waals surface area contributed by atoms with Crippen LogP contribution in [0.1, 0.15) is 26.2 Å². The molecule has 4 nitrogen and oxygen atoms in total. The van der Waals surface area contributed by atoms with Gasteiger partial charge in [-0.1, -0.05) is 6.07 Å². The van der Waals surface area contributed by atoms with Crippen molar-refractivity contribution in [2.24, 2.45) is 5.92 Å². The third-order valence-electron chi connectivity index (χ3n) is 4.18. The molecular weight excluding hydrogens is 264 g/mol. The first kappa shape index (κ1) is 16.1. The van der Waals surface area contributed by atoms with Gasteiger partial charge in [-0.3, -0.25) is 4.90 Å². The summed E-state index contributed by atoms with van der Waals surface area (Å²) in [6.45, 7) is 5.93. The number of rotatable bonds is 10. The second kappa shape index (κ2) is 8.25. The molecule has 118 valence electrons. The van der Waals surface area contributed by atoms with Crippen LogP contribution in [0.5, 0.6) is 5.75 Å². The van der Waals surface area contributed by atoms with E-state index in [2.05, 4.69) is 11.8 Å². The Morgan fingerprint density at radius 2 is 2.10 bits per heavy atom. The fraction of sp³-hybridized carbons (Fsp3) is 0.647. The maximum Gasteiger partial charge on any atom is 0.121 e. The fourth-order valence-corrected chi connectivity index (χ4v) is 2.67. The van der Waals surface area contributed by atoms with Crippen LogP contribution in [0, 0.1) is 5.92 Å². The molecule has 21 heavy (non-hydrogen) atoms. The molecule has 4 heteroatoms. The Morgan fingerprint density at radius 1 is 1.29 bits per heavy atom. The van der Waals surface area contributed by atoms with Crippen molar-refractivity contribution in [3.05, 3.63) is 24.3 Å². The Hall–Kier alpha value is -1.26. The third kappa shape index (κ3) is 5.56. The first-order valence-corrected chi connectivity index (χ1v) is 7.92. The predicted molar refractivity (Wildman–Crippen MR) is 86.6 cm³/mol. The van der Waals surface area contributed by atoms with Gasteiger partial charge in [0.1, 0.15) is 5.75 Å². The first-order chi connectivity index (χ1) is 10.2. The normalized spacial score (nSPS) is 16.1. The molecule has 1 fully saturated rings. The first-order valence-electron chi connectivity index (χ1n) is 7.92. The number of nitrogen functional groups attached to an aromatic ring is 1. The number of anilines is 1. The van der Waals surface area contributed by atoms with E-state index in [4.69, 9.17) is 15.2 Å². The number of hydrogen-bond acceptors (Lipinski definition) is 4. The second-order valence-corrected chi connectivity index (χ2v) is 5.88. The minimum Gasteiger partial charge on any atom is -0.493 e. The Bertz CT molecular complexity index is 421. The molecule has 0 radical (unpaired) electrons. The maximum absolute atomic E-state index is 5.76. The van der Waals surface area contributed by atoms with Crippen molar-refractivity contribution >= 4 is 5.69 Å². The van der Waals surface area contributed by atoms with E-state index in [-0.39, 0.29) is 0 Å². The van der Waals surface area contributed by atoms with Gasteiger partial charge in [-0.25, -0.2) is 0 Å². The van der Waals surface area contributed by atoms with Crippen LogP contribution in [0.25, 0.3) is 0 Å². The summed E-state index contributed by atoms with van der Waals surface area (Å²) >= 11 is 0. The fourth-order valence-electron chi connectivity index (χ4n) is 2.67. The summed E-state index contributed by atoms with van der Waals surface area (Å²) in [7, 11) is 1.77. The zero-order chi connectivity index (χ0) is 15.1. The molecule has 0 saturated heterocycles. The summed E-state index contributed by atoms with van der Waals surface area (Å²) in [4.78, 5) is 2.53. The largest absolute Gasteiger partial charge is 0.493 e. The van der Waals surface area contributed by atoms with Crippen molar-refractivity contribution in [1.29, 1.82) is 0 Å². The van der Waals surface area contributed by atoms with Crippen molar-refractivity contribution < 1.29 is 9.47 Å². The van der Waals surface area contributed by atoms with Gasteiger partial charge >= 0.3 is 0 Å². The highest BCUT2D eigenvalue weighted by Crippen LogP contribution is 2.35. The molecule has 1 saturated carbocycles. The lowest BCUT2D eigenvalue weighted by atomic mass is 10.1. The lowest BCUT2D eigenvalue weighted by molar-refractivity contribution is 0.111. The Labute approximate surface area is 128 Å². The summed E-state index contributed by atoms with van der Waals surface area (Å²) < 4.78 is 11.0. The van der Waals surface area contributed by atoms with Crippen LogP contribution in [-0.4, -0.2) is 44.4 Å². The van der Waals surface area contributed by atoms with E-state index in [1.807, 2.05) is 24.3 Å². The molecule has 0 bridgehead atoms. The molecule has 1 atom stereocenters. The van der Waals surface area contributed by atoms with Crippen molar-refractivity contribution in [3.8, 4) is 5.75 Å². The Kier molecular flexibility index (Phi) is 6.33. The number of ether oxygens (including phenoxy) is 2. The summed E-state index contributed by atoms with van der Waals surface area (Å²) in [6.07, 6.45) is 3.78. The second-order valence-electron chi connectivity index (χ2n) is 5.88. The van der Waals surface area contributed by atoms with Crippen LogP contribution >= 0.6 is 0 Å². The van der Waals surface area contributed by atoms with Crippen LogP contribution in [0.4, 0.5) is 5.69 Å². The van der Waals surface area contributed by atoms with Gasteiger partial charge in [0, 0.05) is 38.0 Å². The van der Waals surface area contributed by atoms with E-state index in [1.165, 1.54) is 12.8 Å². The summed E-state index contributed by atoms with van der Waals surface area (Å²) in [5, 5.41) is 0. The van der Waals surface area contributed by atoms with Crippen LogP contribution in [0.3, 0.4) is 0 Å². The van der Waals surface area contributed by atoms with Crippen molar-refractivity contribution in [3.63, 3.8) is 0 Å². The van der Waals surface area contributed by atoms with Crippen molar-refractivity contribution in [1.82, 2.24) is 4.90 Å². The number of nitrogens with zero attached hydrogens (tertiary/aromatic N) is 1. The molecule has 0 aliphatic heterocycles. The molecule has 0 amide bonds. The number of hydrogen-bond donors (Lipinski definition) is 1. The topological polar surface area (TPSA) is 47.7 Å². The van der Waals surface area contributed by atoms with E-state index < -0.39 is 0 Å². The van der Waals surface area contributed by atoms with Gasteiger partial charge < -0.3 is 15.2 Å². The van der Waals surface area contributed by atoms with Gasteiger partial charge in [0.15, 0.2) is 0 Å². The van der Waals surface area contributed by atoms with Gasteiger partial charge in [0.05, 0.1) is 13.2 Å². The molecule has 0 spiro atoms. The average molecular weight is 292 g/mol. The van der Waals surface area contributed by atoms with Gasteiger partial charge in [-0.15, -0.1) is 0 Å². The van der Waals surface area contributed by atoms with Crippen LogP contribution in [0.2, 0.25) is 0 Å². The predicted octanol–water partition coefficient (Wildman–Crippen LogP) is 2.78. The quantitative estimate of drug-likeness (QED) is 0.532. The minimum absolute atomic E-state index is 0.660. The summed E-state index contributed by atoms with van der Waals surface area (Å²) in [6, 6.07) is 8.27. The van der Waals surface area contributed by atoms with E-state index in [9.17, 15) is 0 Å². The van der Waals surface area contributed by atoms with Gasteiger partial charge in [-0.2, -0.15) is 0 Å². The van der Waals surface area contributed by atoms with Gasteiger partial charge in [-0.05, 0) is 44.2 Å². The zero-order valence-corrected chi connectivity index (χ0v) is 13.3. The van der Waals surface area contributed by atoms with Gasteiger partial charge in [0.25, 0.3) is 0 Å². The molecule has 2 rings (SSSR count). The highest BCUT2D eigenvalue weighted by Gasteiger charge is 2.31. The standard InChI is InChI=1S/C17H28N2O2/c1-14(15-7-8-15)19(10-12-20-2)9-4-11-21-17-6-3-5-16(18)13-17/h3,5-6,13-15H,4,7-12,18H2,1-2H3. The molecule has 1 aliphatic rings. The smallest absolute Gasteiger partial charge is 0.121 e. The monoisotopic (exact) mass is 292 g/mol.